The van der Waals surface area contributed by atoms with Crippen molar-refractivity contribution in [1.82, 2.24) is 9.88 Å². The molecule has 2 heterocycles. The third-order valence-corrected chi connectivity index (χ3v) is 5.88. The molecule has 0 aliphatic carbocycles. The number of primary sulfonamides is 1. The number of fused-ring (bicyclic) bond motifs is 1. The predicted molar refractivity (Wildman–Crippen MR) is 107 cm³/mol. The molecule has 3 aromatic rings. The third kappa shape index (κ3) is 3.95. The van der Waals surface area contributed by atoms with Gasteiger partial charge in [0.2, 0.25) is 10.0 Å². The van der Waals surface area contributed by atoms with Crippen LogP contribution in [0.25, 0.3) is 10.9 Å². The number of piperazine rings is 1. The summed E-state index contributed by atoms with van der Waals surface area (Å²) in [7, 11) is -3.73. The Hall–Kier alpha value is -2.48. The van der Waals surface area contributed by atoms with Gasteiger partial charge in [-0.25, -0.2) is 13.6 Å². The molecule has 7 heteroatoms. The number of pyridine rings is 1. The molecule has 1 aromatic heterocycles. The molecule has 1 aliphatic rings. The van der Waals surface area contributed by atoms with Crippen LogP contribution in [0.15, 0.2) is 65.6 Å². The molecule has 1 fully saturated rings. The molecule has 1 aliphatic heterocycles. The lowest BCUT2D eigenvalue weighted by atomic mass is 10.2. The smallest absolute Gasteiger partial charge is 0.240 e. The fourth-order valence-electron chi connectivity index (χ4n) is 3.53. The Bertz CT molecular complexity index is 1060. The number of para-hydroxylation sites is 2. The summed E-state index contributed by atoms with van der Waals surface area (Å²) in [5.41, 5.74) is 2.74. The van der Waals surface area contributed by atoms with Crippen molar-refractivity contribution in [2.75, 3.05) is 31.1 Å². The van der Waals surface area contributed by atoms with Gasteiger partial charge in [-0.2, -0.15) is 0 Å². The van der Waals surface area contributed by atoms with Crippen LogP contribution >= 0.6 is 0 Å². The summed E-state index contributed by atoms with van der Waals surface area (Å²) in [5.74, 6) is 0. The third-order valence-electron chi connectivity index (χ3n) is 4.93. The Morgan fingerprint density at radius 1 is 0.889 bits per heavy atom. The monoisotopic (exact) mass is 382 g/mol. The molecule has 2 N–H and O–H groups in total. The first-order valence-electron chi connectivity index (χ1n) is 8.94. The molecule has 0 amide bonds. The highest BCUT2D eigenvalue weighted by atomic mass is 32.2. The van der Waals surface area contributed by atoms with Crippen LogP contribution in [0.5, 0.6) is 0 Å². The number of anilines is 1. The van der Waals surface area contributed by atoms with Gasteiger partial charge in [0.05, 0.1) is 16.9 Å². The molecule has 1 saturated heterocycles. The van der Waals surface area contributed by atoms with E-state index in [-0.39, 0.29) is 4.90 Å². The van der Waals surface area contributed by atoms with E-state index in [1.165, 1.54) is 0 Å². The number of benzene rings is 2. The van der Waals surface area contributed by atoms with Gasteiger partial charge in [0, 0.05) is 38.1 Å². The van der Waals surface area contributed by atoms with Gasteiger partial charge in [0.25, 0.3) is 0 Å². The van der Waals surface area contributed by atoms with E-state index in [2.05, 4.69) is 28.0 Å². The largest absolute Gasteiger partial charge is 0.368 e. The summed E-state index contributed by atoms with van der Waals surface area (Å²) < 4.78 is 23.7. The van der Waals surface area contributed by atoms with Crippen molar-refractivity contribution in [1.29, 1.82) is 0 Å². The standard InChI is InChI=1S/C20H22N4O2S/c21-27(25,26)20-8-4-3-7-19(20)24-13-11-23(12-14-24)15-17-10-9-16-5-1-2-6-18(16)22-17/h1-10H,11-15H2,(H2,21,25,26). The quantitative estimate of drug-likeness (QED) is 0.748. The average molecular weight is 382 g/mol. The van der Waals surface area contributed by atoms with Crippen molar-refractivity contribution in [3.8, 4) is 0 Å². The fourth-order valence-corrected chi connectivity index (χ4v) is 4.29. The highest BCUT2D eigenvalue weighted by Gasteiger charge is 2.22. The molecule has 0 radical (unpaired) electrons. The van der Waals surface area contributed by atoms with E-state index in [1.54, 1.807) is 12.1 Å². The molecular weight excluding hydrogens is 360 g/mol. The zero-order valence-corrected chi connectivity index (χ0v) is 15.8. The maximum atomic E-state index is 11.8. The second kappa shape index (κ2) is 7.26. The topological polar surface area (TPSA) is 79.5 Å². The lowest BCUT2D eigenvalue weighted by Gasteiger charge is -2.36. The van der Waals surface area contributed by atoms with Crippen LogP contribution in [0.4, 0.5) is 5.69 Å². The summed E-state index contributed by atoms with van der Waals surface area (Å²) in [6, 6.07) is 19.2. The summed E-state index contributed by atoms with van der Waals surface area (Å²) in [6.45, 7) is 3.97. The first-order chi connectivity index (χ1) is 13.0. The highest BCUT2D eigenvalue weighted by Crippen LogP contribution is 2.25. The number of rotatable bonds is 4. The molecule has 140 valence electrons. The van der Waals surface area contributed by atoms with Gasteiger partial charge in [-0.05, 0) is 24.3 Å². The summed E-state index contributed by atoms with van der Waals surface area (Å²) in [6.07, 6.45) is 0. The summed E-state index contributed by atoms with van der Waals surface area (Å²) in [4.78, 5) is 9.36. The highest BCUT2D eigenvalue weighted by molar-refractivity contribution is 7.89. The Labute approximate surface area is 159 Å². The lowest BCUT2D eigenvalue weighted by molar-refractivity contribution is 0.247. The fraction of sp³-hybridized carbons (Fsp3) is 0.250. The maximum Gasteiger partial charge on any atom is 0.240 e. The molecule has 6 nitrogen and oxygen atoms in total. The molecule has 0 spiro atoms. The second-order valence-electron chi connectivity index (χ2n) is 6.77. The molecule has 0 unspecified atom stereocenters. The normalized spacial score (nSPS) is 16.0. The van der Waals surface area contributed by atoms with E-state index < -0.39 is 10.0 Å². The minimum atomic E-state index is -3.73. The molecule has 4 rings (SSSR count). The van der Waals surface area contributed by atoms with Crippen molar-refractivity contribution in [2.24, 2.45) is 5.14 Å². The second-order valence-corrected chi connectivity index (χ2v) is 8.30. The molecule has 2 aromatic carbocycles. The number of hydrogen-bond acceptors (Lipinski definition) is 5. The molecule has 27 heavy (non-hydrogen) atoms. The zero-order chi connectivity index (χ0) is 18.9. The Kier molecular flexibility index (Phi) is 4.82. The number of nitrogens with two attached hydrogens (primary N) is 1. The summed E-state index contributed by atoms with van der Waals surface area (Å²) >= 11 is 0. The molecule has 0 bridgehead atoms. The van der Waals surface area contributed by atoms with Gasteiger partial charge in [-0.3, -0.25) is 9.88 Å². The number of nitrogens with zero attached hydrogens (tertiary/aromatic N) is 3. The van der Waals surface area contributed by atoms with Crippen LogP contribution in [-0.4, -0.2) is 44.5 Å². The lowest BCUT2D eigenvalue weighted by Crippen LogP contribution is -2.46. The van der Waals surface area contributed by atoms with E-state index >= 15 is 0 Å². The Morgan fingerprint density at radius 3 is 2.37 bits per heavy atom. The molecular formula is C20H22N4O2S. The number of hydrogen-bond donors (Lipinski definition) is 1. The Balaban J connectivity index is 1.45. The van der Waals surface area contributed by atoms with Crippen molar-refractivity contribution >= 4 is 26.6 Å². The van der Waals surface area contributed by atoms with Gasteiger partial charge in [-0.1, -0.05) is 36.4 Å². The minimum Gasteiger partial charge on any atom is -0.368 e. The van der Waals surface area contributed by atoms with Gasteiger partial charge < -0.3 is 4.90 Å². The van der Waals surface area contributed by atoms with E-state index in [9.17, 15) is 8.42 Å². The van der Waals surface area contributed by atoms with Crippen LogP contribution in [0.3, 0.4) is 0 Å². The van der Waals surface area contributed by atoms with Crippen LogP contribution in [-0.2, 0) is 16.6 Å². The number of aromatic nitrogens is 1. The first kappa shape index (κ1) is 17.9. The summed E-state index contributed by atoms with van der Waals surface area (Å²) in [5, 5.41) is 6.51. The van der Waals surface area contributed by atoms with Gasteiger partial charge >= 0.3 is 0 Å². The van der Waals surface area contributed by atoms with Gasteiger partial charge in [0.15, 0.2) is 0 Å². The van der Waals surface area contributed by atoms with Crippen molar-refractivity contribution in [3.63, 3.8) is 0 Å². The van der Waals surface area contributed by atoms with Crippen LogP contribution < -0.4 is 10.0 Å². The van der Waals surface area contributed by atoms with Crippen LogP contribution in [0.2, 0.25) is 0 Å². The first-order valence-corrected chi connectivity index (χ1v) is 10.5. The van der Waals surface area contributed by atoms with E-state index in [0.717, 1.165) is 49.3 Å². The van der Waals surface area contributed by atoms with Crippen molar-refractivity contribution in [2.45, 2.75) is 11.4 Å². The van der Waals surface area contributed by atoms with E-state index in [0.29, 0.717) is 5.69 Å². The van der Waals surface area contributed by atoms with Crippen LogP contribution in [0.1, 0.15) is 5.69 Å². The predicted octanol–water partition coefficient (Wildman–Crippen LogP) is 2.20. The van der Waals surface area contributed by atoms with Crippen molar-refractivity contribution in [3.05, 3.63) is 66.4 Å². The molecule has 0 atom stereocenters. The van der Waals surface area contributed by atoms with Crippen molar-refractivity contribution < 1.29 is 8.42 Å². The van der Waals surface area contributed by atoms with Crippen LogP contribution in [0, 0.1) is 0 Å². The Morgan fingerprint density at radius 2 is 1.59 bits per heavy atom. The zero-order valence-electron chi connectivity index (χ0n) is 15.0. The average Bonchev–Trinajstić information content (AvgIpc) is 2.68. The van der Waals surface area contributed by atoms with Gasteiger partial charge in [0.1, 0.15) is 4.90 Å². The number of sulfonamides is 1. The molecule has 0 saturated carbocycles. The SMILES string of the molecule is NS(=O)(=O)c1ccccc1N1CCN(Cc2ccc3ccccc3n2)CC1. The van der Waals surface area contributed by atoms with E-state index in [1.807, 2.05) is 30.3 Å². The van der Waals surface area contributed by atoms with Gasteiger partial charge in [-0.15, -0.1) is 0 Å². The maximum absolute atomic E-state index is 11.8. The van der Waals surface area contributed by atoms with E-state index in [4.69, 9.17) is 10.1 Å². The minimum absolute atomic E-state index is 0.189.